The molecule has 0 saturated heterocycles. The fraction of sp³-hybridized carbons (Fsp3) is 0.491. The molecule has 0 aliphatic carbocycles. The summed E-state index contributed by atoms with van der Waals surface area (Å²) in [6.07, 6.45) is 21.6. The molecule has 3 aromatic rings. The molecule has 0 spiro atoms. The van der Waals surface area contributed by atoms with Crippen LogP contribution in [0, 0.1) is 29.7 Å². The van der Waals surface area contributed by atoms with Crippen LogP contribution in [0.4, 0.5) is 17.1 Å². The van der Waals surface area contributed by atoms with Crippen LogP contribution >= 0.6 is 0 Å². The van der Waals surface area contributed by atoms with Gasteiger partial charge in [0.05, 0.1) is 46.2 Å². The van der Waals surface area contributed by atoms with Gasteiger partial charge in [-0.25, -0.2) is 14.4 Å². The topological polar surface area (TPSA) is 121 Å². The van der Waals surface area contributed by atoms with Crippen LogP contribution in [0.15, 0.2) is 48.5 Å². The molecule has 0 fully saturated rings. The number of nitriles is 1. The second-order valence-corrected chi connectivity index (χ2v) is 18.5. The third kappa shape index (κ3) is 10.1. The lowest BCUT2D eigenvalue weighted by Crippen LogP contribution is -2.29. The number of amides is 2. The number of carbonyl (C=O) groups is 4. The molecule has 0 radical (unpaired) electrons. The summed E-state index contributed by atoms with van der Waals surface area (Å²) in [5, 5.41) is 9.78. The normalized spacial score (nSPS) is 18.0. The van der Waals surface area contributed by atoms with Crippen LogP contribution in [0.5, 0.6) is 11.5 Å². The largest absolute Gasteiger partial charge is 0.422 e. The number of unbranched alkanes of at least 4 members (excludes halogenated alkanes) is 11. The van der Waals surface area contributed by atoms with Gasteiger partial charge in [0.2, 0.25) is 0 Å². The maximum absolute atomic E-state index is 14.7. The van der Waals surface area contributed by atoms with E-state index in [1.165, 1.54) is 77.0 Å². The van der Waals surface area contributed by atoms with Crippen LogP contribution in [-0.2, 0) is 19.2 Å². The van der Waals surface area contributed by atoms with Crippen LogP contribution in [0.2, 0.25) is 0 Å². The van der Waals surface area contributed by atoms with Crippen molar-refractivity contribution in [2.24, 2.45) is 11.8 Å². The Bertz CT molecular complexity index is 2470. The van der Waals surface area contributed by atoms with E-state index >= 15 is 0 Å². The fourth-order valence-electron chi connectivity index (χ4n) is 10.1. The number of nitrogens with zero attached hydrogens (tertiary/aromatic N) is 4. The lowest BCUT2D eigenvalue weighted by molar-refractivity contribution is -0.127. The lowest BCUT2D eigenvalue weighted by Gasteiger charge is -2.22. The van der Waals surface area contributed by atoms with Crippen molar-refractivity contribution >= 4 is 63.1 Å². The zero-order valence-corrected chi connectivity index (χ0v) is 38.9. The van der Waals surface area contributed by atoms with Crippen molar-refractivity contribution < 1.29 is 28.7 Å². The summed E-state index contributed by atoms with van der Waals surface area (Å²) >= 11 is 0. The highest BCUT2D eigenvalue weighted by Gasteiger charge is 2.45. The minimum absolute atomic E-state index is 0.0661. The smallest absolute Gasteiger partial charge is 0.345 e. The van der Waals surface area contributed by atoms with Crippen LogP contribution in [-0.4, -0.2) is 36.8 Å². The van der Waals surface area contributed by atoms with E-state index in [0.29, 0.717) is 69.8 Å². The first-order valence-electron chi connectivity index (χ1n) is 24.5. The summed E-state index contributed by atoms with van der Waals surface area (Å²) in [7, 11) is 0. The van der Waals surface area contributed by atoms with Crippen molar-refractivity contribution in [3.8, 4) is 17.6 Å². The molecule has 0 aromatic heterocycles. The number of benzene rings is 3. The minimum Gasteiger partial charge on any atom is -0.422 e. The van der Waals surface area contributed by atoms with Gasteiger partial charge in [0.15, 0.2) is 5.69 Å². The molecule has 2 amide bonds. The minimum atomic E-state index is -0.709. The monoisotopic (exact) mass is 876 g/mol. The van der Waals surface area contributed by atoms with Gasteiger partial charge in [-0.1, -0.05) is 155 Å². The van der Waals surface area contributed by atoms with E-state index in [-0.39, 0.29) is 45.6 Å². The Morgan fingerprint density at radius 1 is 0.569 bits per heavy atom. The number of hydrogen-bond acceptors (Lipinski definition) is 7. The van der Waals surface area contributed by atoms with E-state index in [4.69, 9.17) is 16.0 Å². The Labute approximate surface area is 385 Å². The zero-order valence-electron chi connectivity index (χ0n) is 38.9. The van der Waals surface area contributed by atoms with Crippen LogP contribution in [0.25, 0.3) is 27.1 Å². The highest BCUT2D eigenvalue weighted by molar-refractivity contribution is 6.48. The van der Waals surface area contributed by atoms with E-state index in [1.54, 1.807) is 58.3 Å². The van der Waals surface area contributed by atoms with Crippen molar-refractivity contribution in [3.63, 3.8) is 0 Å². The molecule has 2 atom stereocenters. The van der Waals surface area contributed by atoms with Gasteiger partial charge < -0.3 is 19.3 Å². The Morgan fingerprint density at radius 3 is 1.58 bits per heavy atom. The molecule has 0 bridgehead atoms. The molecule has 10 nitrogen and oxygen atoms in total. The molecule has 4 heterocycles. The molecule has 3 aromatic carbocycles. The maximum atomic E-state index is 14.7. The lowest BCUT2D eigenvalue weighted by atomic mass is 9.91. The molecule has 7 rings (SSSR count). The summed E-state index contributed by atoms with van der Waals surface area (Å²) in [4.78, 5) is 64.2. The number of carbonyl (C=O) groups excluding carboxylic acids is 4. The average Bonchev–Trinajstić information content (AvgIpc) is 3.97. The Kier molecular flexibility index (Phi) is 15.7. The number of hydrogen-bond donors (Lipinski definition) is 0. The van der Waals surface area contributed by atoms with E-state index in [0.717, 1.165) is 44.9 Å². The van der Waals surface area contributed by atoms with E-state index in [1.807, 2.05) is 0 Å². The van der Waals surface area contributed by atoms with Crippen molar-refractivity contribution in [2.45, 2.75) is 150 Å². The van der Waals surface area contributed by atoms with Gasteiger partial charge in [0.25, 0.3) is 11.8 Å². The molecule has 65 heavy (non-hydrogen) atoms. The Balaban J connectivity index is 1.20. The summed E-state index contributed by atoms with van der Waals surface area (Å²) in [5.41, 5.74) is 4.22. The van der Waals surface area contributed by atoms with Crippen LogP contribution in [0.1, 0.15) is 178 Å². The standard InChI is InChI=1S/C55H64N4O6/c1-6-9-12-15-16-19-22-37(21-18-14-11-8-3)28-30-59-45-32-39(57-5)24-26-41(45)49(53(59)61)51-43-34-46-42(33-47(43)65-55(51)63)50(54(62)64-46)48-40-25-23-38(35-56)31-44(40)58(52(48)60)29-27-36(4)20-17-13-10-7-2/h23-26,31-34,36-37H,6-22,27-30H2,1-4H3/b50-48+,51-49+. The maximum Gasteiger partial charge on any atom is 0.345 e. The van der Waals surface area contributed by atoms with Gasteiger partial charge in [-0.3, -0.25) is 9.59 Å². The molecule has 10 heteroatoms. The van der Waals surface area contributed by atoms with Gasteiger partial charge in [-0.15, -0.1) is 0 Å². The van der Waals surface area contributed by atoms with Crippen molar-refractivity contribution in [1.82, 2.24) is 0 Å². The molecular weight excluding hydrogens is 813 g/mol. The average molecular weight is 877 g/mol. The molecule has 4 aliphatic rings. The molecule has 4 aliphatic heterocycles. The number of fused-ring (bicyclic) bond motifs is 4. The first-order valence-corrected chi connectivity index (χ1v) is 24.5. The van der Waals surface area contributed by atoms with Gasteiger partial charge >= 0.3 is 11.9 Å². The molecule has 340 valence electrons. The van der Waals surface area contributed by atoms with Crippen molar-refractivity contribution in [3.05, 3.63) is 87.8 Å². The fourth-order valence-corrected chi connectivity index (χ4v) is 10.1. The molecule has 0 saturated carbocycles. The van der Waals surface area contributed by atoms with Crippen molar-refractivity contribution in [2.75, 3.05) is 22.9 Å². The second-order valence-electron chi connectivity index (χ2n) is 18.5. The predicted octanol–water partition coefficient (Wildman–Crippen LogP) is 13.2. The molecule has 0 N–H and O–H groups in total. The zero-order chi connectivity index (χ0) is 46.0. The summed E-state index contributed by atoms with van der Waals surface area (Å²) in [5.74, 6) is -0.945. The van der Waals surface area contributed by atoms with Crippen molar-refractivity contribution in [1.29, 1.82) is 5.26 Å². The number of anilines is 2. The quantitative estimate of drug-likeness (QED) is 0.0306. The number of rotatable bonds is 23. The SMILES string of the molecule is [C-]#[N+]c1ccc2c(c1)N(CCC(CCCCCC)CCCCCCCC)C(=O)/C2=C1/C(=O)Oc2cc3c(cc21)OC(=O)/C3=C1/C(=O)N(CCC(C)CCCCCC)c2cc(C#N)ccc21. The Hall–Kier alpha value is -6.00. The number of esters is 2. The van der Waals surface area contributed by atoms with Gasteiger partial charge in [0.1, 0.15) is 11.5 Å². The molecular formula is C55H64N4O6. The third-order valence-corrected chi connectivity index (χ3v) is 13.8. The van der Waals surface area contributed by atoms with E-state index < -0.39 is 11.9 Å². The first kappa shape index (κ1) is 47.0. The Morgan fingerprint density at radius 2 is 1.05 bits per heavy atom. The summed E-state index contributed by atoms with van der Waals surface area (Å²) < 4.78 is 11.8. The van der Waals surface area contributed by atoms with Crippen LogP contribution in [0.3, 0.4) is 0 Å². The number of ether oxygens (including phenoxy) is 2. The summed E-state index contributed by atoms with van der Waals surface area (Å²) in [6, 6.07) is 15.5. The molecule has 2 unspecified atom stereocenters. The van der Waals surface area contributed by atoms with E-state index in [9.17, 15) is 24.4 Å². The highest BCUT2D eigenvalue weighted by atomic mass is 16.5. The summed E-state index contributed by atoms with van der Waals surface area (Å²) in [6.45, 7) is 17.5. The predicted molar refractivity (Wildman–Crippen MR) is 257 cm³/mol. The van der Waals surface area contributed by atoms with Gasteiger partial charge in [-0.05, 0) is 55.0 Å². The highest BCUT2D eigenvalue weighted by Crippen LogP contribution is 2.52. The van der Waals surface area contributed by atoms with E-state index in [2.05, 4.69) is 38.6 Å². The third-order valence-electron chi connectivity index (χ3n) is 13.8. The first-order chi connectivity index (χ1) is 31.6. The van der Waals surface area contributed by atoms with Gasteiger partial charge in [-0.2, -0.15) is 5.26 Å². The van der Waals surface area contributed by atoms with Gasteiger partial charge in [0, 0.05) is 41.0 Å². The van der Waals surface area contributed by atoms with Crippen LogP contribution < -0.4 is 19.3 Å². The second kappa shape index (κ2) is 21.8.